The van der Waals surface area contributed by atoms with Gasteiger partial charge in [-0.1, -0.05) is 25.8 Å². The Kier molecular flexibility index (Phi) is 4.46. The van der Waals surface area contributed by atoms with Crippen molar-refractivity contribution >= 4 is 11.8 Å². The fourth-order valence-electron chi connectivity index (χ4n) is 2.39. The second-order valence-electron chi connectivity index (χ2n) is 5.23. The molecule has 1 aliphatic carbocycles. The van der Waals surface area contributed by atoms with E-state index in [0.29, 0.717) is 0 Å². The summed E-state index contributed by atoms with van der Waals surface area (Å²) in [5, 5.41) is 1.90. The molecular formula is C14H22N2S. The van der Waals surface area contributed by atoms with Crippen LogP contribution in [0.25, 0.3) is 0 Å². The molecule has 1 aromatic rings. The Bertz CT molecular complexity index is 348. The number of hydrogen-bond donors (Lipinski definition) is 1. The van der Waals surface area contributed by atoms with Crippen molar-refractivity contribution in [3.8, 4) is 0 Å². The molecule has 0 spiro atoms. The van der Waals surface area contributed by atoms with E-state index >= 15 is 0 Å². The summed E-state index contributed by atoms with van der Waals surface area (Å²) in [5.74, 6) is 0.879. The average Bonchev–Trinajstić information content (AvgIpc) is 2.29. The molecule has 0 aromatic carbocycles. The first-order valence-electron chi connectivity index (χ1n) is 6.53. The van der Waals surface area contributed by atoms with E-state index in [1.165, 1.54) is 25.7 Å². The molecule has 1 aliphatic rings. The number of thioether (sulfide) groups is 1. The van der Waals surface area contributed by atoms with Gasteiger partial charge >= 0.3 is 0 Å². The van der Waals surface area contributed by atoms with Gasteiger partial charge in [-0.3, -0.25) is 0 Å². The highest BCUT2D eigenvalue weighted by atomic mass is 32.2. The minimum absolute atomic E-state index is 0.0799. The second-order valence-corrected chi connectivity index (χ2v) is 6.55. The highest BCUT2D eigenvalue weighted by molar-refractivity contribution is 7.99. The molecule has 0 amide bonds. The molecule has 2 rings (SSSR count). The maximum Gasteiger partial charge on any atom is 0.0962 e. The molecule has 1 heterocycles. The molecule has 3 atom stereocenters. The summed E-state index contributed by atoms with van der Waals surface area (Å²) < 4.78 is 0. The summed E-state index contributed by atoms with van der Waals surface area (Å²) in [7, 11) is 0. The van der Waals surface area contributed by atoms with Crippen molar-refractivity contribution in [1.82, 2.24) is 4.98 Å². The van der Waals surface area contributed by atoms with Gasteiger partial charge in [0.25, 0.3) is 0 Å². The molecule has 2 N–H and O–H groups in total. The molecular weight excluding hydrogens is 228 g/mol. The van der Waals surface area contributed by atoms with Crippen LogP contribution in [0.5, 0.6) is 0 Å². The largest absolute Gasteiger partial charge is 0.324 e. The number of aromatic nitrogens is 1. The van der Waals surface area contributed by atoms with E-state index in [-0.39, 0.29) is 6.04 Å². The van der Waals surface area contributed by atoms with Crippen LogP contribution < -0.4 is 5.73 Å². The summed E-state index contributed by atoms with van der Waals surface area (Å²) in [6.45, 7) is 4.35. The third-order valence-corrected chi connectivity index (χ3v) is 4.71. The lowest BCUT2D eigenvalue weighted by atomic mass is 9.91. The Morgan fingerprint density at radius 3 is 2.82 bits per heavy atom. The Morgan fingerprint density at radius 2 is 2.24 bits per heavy atom. The van der Waals surface area contributed by atoms with Crippen molar-refractivity contribution in [3.05, 3.63) is 23.9 Å². The fraction of sp³-hybridized carbons (Fsp3) is 0.643. The Hall–Kier alpha value is -0.540. The first kappa shape index (κ1) is 12.9. The third kappa shape index (κ3) is 3.71. The molecule has 1 saturated carbocycles. The number of hydrogen-bond acceptors (Lipinski definition) is 3. The Balaban J connectivity index is 1.94. The maximum absolute atomic E-state index is 5.82. The normalized spacial score (nSPS) is 26.8. The summed E-state index contributed by atoms with van der Waals surface area (Å²) in [6.07, 6.45) is 7.36. The summed E-state index contributed by atoms with van der Waals surface area (Å²) >= 11 is 1.94. The quantitative estimate of drug-likeness (QED) is 0.887. The first-order chi connectivity index (χ1) is 8.15. The van der Waals surface area contributed by atoms with Crippen LogP contribution in [0.1, 0.15) is 51.1 Å². The molecule has 0 radical (unpaired) electrons. The van der Waals surface area contributed by atoms with Crippen molar-refractivity contribution in [2.75, 3.05) is 0 Å². The molecule has 94 valence electrons. The predicted molar refractivity (Wildman–Crippen MR) is 74.1 cm³/mol. The van der Waals surface area contributed by atoms with Crippen molar-refractivity contribution in [2.24, 2.45) is 11.7 Å². The molecule has 3 heteroatoms. The molecule has 0 aliphatic heterocycles. The number of nitrogens with zero attached hydrogens (tertiary/aromatic N) is 1. The van der Waals surface area contributed by atoms with Crippen LogP contribution in [-0.2, 0) is 0 Å². The van der Waals surface area contributed by atoms with Crippen LogP contribution in [0.2, 0.25) is 0 Å². The van der Waals surface area contributed by atoms with Crippen LogP contribution in [0.3, 0.4) is 0 Å². The fourth-order valence-corrected chi connectivity index (χ4v) is 3.70. The van der Waals surface area contributed by atoms with Crippen molar-refractivity contribution < 1.29 is 0 Å². The standard InChI is InChI=1S/C14H22N2S/c1-10-4-3-5-13(8-10)17-14-7-6-12(9-16-14)11(2)15/h6-7,9-11,13H,3-5,8,15H2,1-2H3. The van der Waals surface area contributed by atoms with Gasteiger partial charge in [0.05, 0.1) is 5.03 Å². The van der Waals surface area contributed by atoms with E-state index in [1.54, 1.807) is 0 Å². The molecule has 3 unspecified atom stereocenters. The molecule has 0 saturated heterocycles. The molecule has 17 heavy (non-hydrogen) atoms. The van der Waals surface area contributed by atoms with Gasteiger partial charge in [0.15, 0.2) is 0 Å². The third-order valence-electron chi connectivity index (χ3n) is 3.46. The summed E-state index contributed by atoms with van der Waals surface area (Å²) in [6, 6.07) is 4.30. The van der Waals surface area contributed by atoms with Gasteiger partial charge in [0, 0.05) is 17.5 Å². The van der Waals surface area contributed by atoms with E-state index in [0.717, 1.165) is 21.8 Å². The van der Waals surface area contributed by atoms with Crippen LogP contribution >= 0.6 is 11.8 Å². The van der Waals surface area contributed by atoms with Crippen LogP contribution in [0, 0.1) is 5.92 Å². The zero-order valence-electron chi connectivity index (χ0n) is 10.7. The molecule has 0 bridgehead atoms. The van der Waals surface area contributed by atoms with E-state index in [9.17, 15) is 0 Å². The topological polar surface area (TPSA) is 38.9 Å². The van der Waals surface area contributed by atoms with Gasteiger partial charge in [-0.25, -0.2) is 4.98 Å². The van der Waals surface area contributed by atoms with E-state index in [4.69, 9.17) is 5.73 Å². The molecule has 1 aromatic heterocycles. The van der Waals surface area contributed by atoms with Crippen molar-refractivity contribution in [1.29, 1.82) is 0 Å². The number of pyridine rings is 1. The maximum atomic E-state index is 5.82. The zero-order chi connectivity index (χ0) is 12.3. The van der Waals surface area contributed by atoms with Gasteiger partial charge in [-0.05, 0) is 37.3 Å². The van der Waals surface area contributed by atoms with E-state index in [1.807, 2.05) is 24.9 Å². The predicted octanol–water partition coefficient (Wildman–Crippen LogP) is 3.77. The highest BCUT2D eigenvalue weighted by Crippen LogP contribution is 2.35. The molecule has 1 fully saturated rings. The highest BCUT2D eigenvalue weighted by Gasteiger charge is 2.20. The number of rotatable bonds is 3. The van der Waals surface area contributed by atoms with E-state index in [2.05, 4.69) is 24.0 Å². The minimum atomic E-state index is 0.0799. The lowest BCUT2D eigenvalue weighted by molar-refractivity contribution is 0.394. The van der Waals surface area contributed by atoms with Crippen molar-refractivity contribution in [2.45, 2.75) is 55.8 Å². The van der Waals surface area contributed by atoms with Crippen molar-refractivity contribution in [3.63, 3.8) is 0 Å². The smallest absolute Gasteiger partial charge is 0.0962 e. The van der Waals surface area contributed by atoms with Crippen LogP contribution in [0.15, 0.2) is 23.4 Å². The monoisotopic (exact) mass is 250 g/mol. The Morgan fingerprint density at radius 1 is 1.41 bits per heavy atom. The first-order valence-corrected chi connectivity index (χ1v) is 7.41. The lowest BCUT2D eigenvalue weighted by Crippen LogP contribution is -2.15. The average molecular weight is 250 g/mol. The Labute approximate surface area is 108 Å². The van der Waals surface area contributed by atoms with Gasteiger partial charge in [0.1, 0.15) is 0 Å². The summed E-state index contributed by atoms with van der Waals surface area (Å²) in [5.41, 5.74) is 6.94. The van der Waals surface area contributed by atoms with Gasteiger partial charge in [0.2, 0.25) is 0 Å². The second kappa shape index (κ2) is 5.87. The SMILES string of the molecule is CC1CCCC(Sc2ccc(C(C)N)cn2)C1. The van der Waals surface area contributed by atoms with E-state index < -0.39 is 0 Å². The molecule has 2 nitrogen and oxygen atoms in total. The van der Waals surface area contributed by atoms with Crippen LogP contribution in [-0.4, -0.2) is 10.2 Å². The lowest BCUT2D eigenvalue weighted by Gasteiger charge is -2.25. The number of nitrogens with two attached hydrogens (primary N) is 1. The van der Waals surface area contributed by atoms with Gasteiger partial charge < -0.3 is 5.73 Å². The van der Waals surface area contributed by atoms with Gasteiger partial charge in [-0.15, -0.1) is 11.8 Å². The van der Waals surface area contributed by atoms with Crippen LogP contribution in [0.4, 0.5) is 0 Å². The summed E-state index contributed by atoms with van der Waals surface area (Å²) in [4.78, 5) is 4.50. The van der Waals surface area contributed by atoms with Gasteiger partial charge in [-0.2, -0.15) is 0 Å². The minimum Gasteiger partial charge on any atom is -0.324 e. The zero-order valence-corrected chi connectivity index (χ0v) is 11.5.